The summed E-state index contributed by atoms with van der Waals surface area (Å²) in [6.45, 7) is 3.09. The summed E-state index contributed by atoms with van der Waals surface area (Å²) < 4.78 is 27.2. The van der Waals surface area contributed by atoms with Crippen LogP contribution < -0.4 is 5.32 Å². The normalized spacial score (nSPS) is 15.5. The highest BCUT2D eigenvalue weighted by molar-refractivity contribution is 7.89. The second kappa shape index (κ2) is 6.27. The Morgan fingerprint density at radius 3 is 2.80 bits per heavy atom. The van der Waals surface area contributed by atoms with Crippen LogP contribution in [-0.4, -0.2) is 32.9 Å². The fourth-order valence-corrected chi connectivity index (χ4v) is 5.39. The highest BCUT2D eigenvalue weighted by Gasteiger charge is 2.33. The van der Waals surface area contributed by atoms with Crippen molar-refractivity contribution < 1.29 is 8.42 Å². The van der Waals surface area contributed by atoms with Gasteiger partial charge in [0.25, 0.3) is 0 Å². The van der Waals surface area contributed by atoms with Gasteiger partial charge in [-0.2, -0.15) is 4.31 Å². The summed E-state index contributed by atoms with van der Waals surface area (Å²) >= 11 is 1.48. The van der Waals surface area contributed by atoms with E-state index in [1.165, 1.54) is 15.6 Å². The van der Waals surface area contributed by atoms with Crippen molar-refractivity contribution in [2.24, 2.45) is 5.92 Å². The molecule has 0 saturated heterocycles. The van der Waals surface area contributed by atoms with E-state index in [4.69, 9.17) is 6.42 Å². The van der Waals surface area contributed by atoms with E-state index in [1.807, 2.05) is 19.4 Å². The molecule has 2 rings (SSSR count). The van der Waals surface area contributed by atoms with Crippen LogP contribution in [-0.2, 0) is 16.6 Å². The van der Waals surface area contributed by atoms with Gasteiger partial charge in [0.15, 0.2) is 0 Å². The second-order valence-electron chi connectivity index (χ2n) is 5.15. The number of terminal acetylenes is 1. The van der Waals surface area contributed by atoms with Crippen molar-refractivity contribution in [2.45, 2.75) is 31.2 Å². The maximum atomic E-state index is 12.9. The molecule has 0 atom stereocenters. The molecule has 1 N–H and O–H groups in total. The van der Waals surface area contributed by atoms with Crippen molar-refractivity contribution in [2.75, 3.05) is 20.1 Å². The summed E-state index contributed by atoms with van der Waals surface area (Å²) in [5.41, 5.74) is 0.804. The third-order valence-electron chi connectivity index (χ3n) is 3.35. The molecule has 1 aliphatic carbocycles. The number of hydrogen-bond donors (Lipinski definition) is 1. The van der Waals surface area contributed by atoms with Gasteiger partial charge in [0, 0.05) is 18.0 Å². The van der Waals surface area contributed by atoms with Crippen LogP contribution in [0.3, 0.4) is 0 Å². The molecular formula is C14H20N2O2S2. The molecule has 1 saturated carbocycles. The topological polar surface area (TPSA) is 49.4 Å². The minimum atomic E-state index is -3.50. The minimum absolute atomic E-state index is 0.146. The van der Waals surface area contributed by atoms with E-state index < -0.39 is 10.0 Å². The zero-order chi connectivity index (χ0) is 14.8. The number of rotatable bonds is 7. The van der Waals surface area contributed by atoms with Crippen LogP contribution in [0.5, 0.6) is 0 Å². The Kier molecular flexibility index (Phi) is 4.86. The Morgan fingerprint density at radius 1 is 1.55 bits per heavy atom. The molecule has 1 heterocycles. The molecule has 0 amide bonds. The number of aryl methyl sites for hydroxylation is 1. The number of sulfonamides is 1. The lowest BCUT2D eigenvalue weighted by Crippen LogP contribution is -2.34. The maximum Gasteiger partial charge on any atom is 0.245 e. The Balaban J connectivity index is 2.36. The predicted molar refractivity (Wildman–Crippen MR) is 82.1 cm³/mol. The van der Waals surface area contributed by atoms with E-state index in [2.05, 4.69) is 11.2 Å². The molecule has 110 valence electrons. The van der Waals surface area contributed by atoms with Gasteiger partial charge in [-0.1, -0.05) is 5.92 Å². The first-order chi connectivity index (χ1) is 9.50. The van der Waals surface area contributed by atoms with Crippen LogP contribution in [0, 0.1) is 25.2 Å². The first-order valence-corrected chi connectivity index (χ1v) is 8.97. The van der Waals surface area contributed by atoms with Crippen molar-refractivity contribution in [1.29, 1.82) is 0 Å². The molecule has 0 aromatic carbocycles. The molecular weight excluding hydrogens is 292 g/mol. The average Bonchev–Trinajstić information content (AvgIpc) is 3.12. The van der Waals surface area contributed by atoms with E-state index in [9.17, 15) is 8.42 Å². The van der Waals surface area contributed by atoms with Crippen molar-refractivity contribution >= 4 is 21.4 Å². The number of nitrogens with one attached hydrogen (secondary N) is 1. The lowest BCUT2D eigenvalue weighted by molar-refractivity contribution is 0.429. The van der Waals surface area contributed by atoms with E-state index in [0.29, 0.717) is 23.9 Å². The molecule has 1 fully saturated rings. The quantitative estimate of drug-likeness (QED) is 0.781. The molecule has 1 aromatic heterocycles. The molecule has 0 aliphatic heterocycles. The van der Waals surface area contributed by atoms with E-state index in [1.54, 1.807) is 0 Å². The van der Waals surface area contributed by atoms with Crippen molar-refractivity contribution in [3.63, 3.8) is 0 Å². The lowest BCUT2D eigenvalue weighted by Gasteiger charge is -2.20. The predicted octanol–water partition coefficient (Wildman–Crippen LogP) is 1.81. The summed E-state index contributed by atoms with van der Waals surface area (Å²) in [7, 11) is -1.68. The maximum absolute atomic E-state index is 12.9. The summed E-state index contributed by atoms with van der Waals surface area (Å²) in [5.74, 6) is 2.95. The highest BCUT2D eigenvalue weighted by Crippen LogP contribution is 2.34. The number of nitrogens with zero attached hydrogens (tertiary/aromatic N) is 1. The van der Waals surface area contributed by atoms with Gasteiger partial charge in [-0.3, -0.25) is 0 Å². The highest BCUT2D eigenvalue weighted by atomic mass is 32.2. The van der Waals surface area contributed by atoms with E-state index in [0.717, 1.165) is 23.3 Å². The molecule has 1 aliphatic rings. The molecule has 1 aromatic rings. The van der Waals surface area contributed by atoms with Crippen LogP contribution in [0.4, 0.5) is 0 Å². The zero-order valence-electron chi connectivity index (χ0n) is 11.8. The second-order valence-corrected chi connectivity index (χ2v) is 7.99. The fourth-order valence-electron chi connectivity index (χ4n) is 2.18. The van der Waals surface area contributed by atoms with Gasteiger partial charge < -0.3 is 5.32 Å². The molecule has 0 unspecified atom stereocenters. The van der Waals surface area contributed by atoms with Gasteiger partial charge in [0.1, 0.15) is 4.90 Å². The van der Waals surface area contributed by atoms with Crippen molar-refractivity contribution in [3.8, 4) is 12.3 Å². The van der Waals surface area contributed by atoms with E-state index in [-0.39, 0.29) is 6.54 Å². The lowest BCUT2D eigenvalue weighted by atomic mass is 10.3. The summed E-state index contributed by atoms with van der Waals surface area (Å²) in [6.07, 6.45) is 7.54. The van der Waals surface area contributed by atoms with E-state index >= 15 is 0 Å². The van der Waals surface area contributed by atoms with Crippen LogP contribution >= 0.6 is 11.3 Å². The van der Waals surface area contributed by atoms with Crippen LogP contribution in [0.25, 0.3) is 0 Å². The minimum Gasteiger partial charge on any atom is -0.315 e. The standard InChI is InChI=1S/C14H20N2O2S2/c1-4-7-16(9-12-5-6-12)20(17,18)14-11(2)10-19-13(14)8-15-3/h1,10,12,15H,5-9H2,2-3H3. The van der Waals surface area contributed by atoms with Crippen LogP contribution in [0.15, 0.2) is 10.3 Å². The van der Waals surface area contributed by atoms with Gasteiger partial charge in [-0.15, -0.1) is 17.8 Å². The van der Waals surface area contributed by atoms with Gasteiger partial charge in [-0.05, 0) is 43.7 Å². The first kappa shape index (κ1) is 15.5. The van der Waals surface area contributed by atoms with Crippen LogP contribution in [0.1, 0.15) is 23.3 Å². The van der Waals surface area contributed by atoms with Crippen LogP contribution in [0.2, 0.25) is 0 Å². The molecule has 6 heteroatoms. The molecule has 20 heavy (non-hydrogen) atoms. The van der Waals surface area contributed by atoms with Gasteiger partial charge in [0.2, 0.25) is 10.0 Å². The molecule has 4 nitrogen and oxygen atoms in total. The fraction of sp³-hybridized carbons (Fsp3) is 0.571. The monoisotopic (exact) mass is 312 g/mol. The molecule has 0 radical (unpaired) electrons. The molecule has 0 spiro atoms. The SMILES string of the molecule is C#CCN(CC1CC1)S(=O)(=O)c1c(C)csc1CNC. The Bertz CT molecular complexity index is 610. The Hall–Kier alpha value is -0.870. The third kappa shape index (κ3) is 3.23. The molecule has 0 bridgehead atoms. The zero-order valence-corrected chi connectivity index (χ0v) is 13.5. The summed E-state index contributed by atoms with van der Waals surface area (Å²) in [6, 6.07) is 0. The Labute approximate surface area is 125 Å². The van der Waals surface area contributed by atoms with Gasteiger partial charge in [0.05, 0.1) is 6.54 Å². The van der Waals surface area contributed by atoms with Crippen molar-refractivity contribution in [1.82, 2.24) is 9.62 Å². The summed E-state index contributed by atoms with van der Waals surface area (Å²) in [5, 5.41) is 4.91. The smallest absolute Gasteiger partial charge is 0.245 e. The van der Waals surface area contributed by atoms with Gasteiger partial charge in [-0.25, -0.2) is 8.42 Å². The largest absolute Gasteiger partial charge is 0.315 e. The van der Waals surface area contributed by atoms with Crippen molar-refractivity contribution in [3.05, 3.63) is 15.8 Å². The first-order valence-electron chi connectivity index (χ1n) is 6.66. The third-order valence-corrected chi connectivity index (χ3v) is 6.63. The Morgan fingerprint density at radius 2 is 2.25 bits per heavy atom. The van der Waals surface area contributed by atoms with Gasteiger partial charge >= 0.3 is 0 Å². The summed E-state index contributed by atoms with van der Waals surface area (Å²) in [4.78, 5) is 1.29. The number of hydrogen-bond acceptors (Lipinski definition) is 4. The number of thiophene rings is 1. The average molecular weight is 312 g/mol.